The Labute approximate surface area is 311 Å². The van der Waals surface area contributed by atoms with Crippen molar-refractivity contribution in [1.29, 1.82) is 0 Å². The minimum absolute atomic E-state index is 0.0829. The van der Waals surface area contributed by atoms with Crippen molar-refractivity contribution in [3.8, 4) is 0 Å². The lowest BCUT2D eigenvalue weighted by Gasteiger charge is -2.18. The Balaban J connectivity index is 4.16. The molecule has 0 N–H and O–H groups in total. The van der Waals surface area contributed by atoms with E-state index in [1.165, 1.54) is 141 Å². The van der Waals surface area contributed by atoms with Gasteiger partial charge in [0, 0.05) is 19.4 Å². The molecule has 0 amide bonds. The van der Waals surface area contributed by atoms with E-state index >= 15 is 0 Å². The van der Waals surface area contributed by atoms with E-state index in [1.807, 2.05) is 0 Å². The first-order valence-corrected chi connectivity index (χ1v) is 21.9. The Morgan fingerprint density at radius 3 is 1.28 bits per heavy atom. The van der Waals surface area contributed by atoms with E-state index in [0.29, 0.717) is 19.4 Å². The van der Waals surface area contributed by atoms with Crippen molar-refractivity contribution in [2.75, 3.05) is 19.8 Å². The van der Waals surface area contributed by atoms with Crippen molar-refractivity contribution in [3.63, 3.8) is 0 Å². The number of hydrogen-bond donors (Lipinski definition) is 0. The van der Waals surface area contributed by atoms with E-state index in [9.17, 15) is 9.59 Å². The third-order valence-electron chi connectivity index (χ3n) is 9.46. The molecule has 1 atom stereocenters. The number of carbonyl (C=O) groups excluding carboxylic acids is 2. The lowest BCUT2D eigenvalue weighted by Crippen LogP contribution is -2.30. The molecule has 0 aromatic heterocycles. The first kappa shape index (κ1) is 48.4. The molecule has 1 unspecified atom stereocenters. The van der Waals surface area contributed by atoms with Gasteiger partial charge >= 0.3 is 11.9 Å². The molecule has 0 radical (unpaired) electrons. The van der Waals surface area contributed by atoms with E-state index in [-0.39, 0.29) is 25.2 Å². The molecule has 0 saturated heterocycles. The van der Waals surface area contributed by atoms with Crippen LogP contribution in [0.5, 0.6) is 0 Å². The van der Waals surface area contributed by atoms with E-state index in [0.717, 1.165) is 51.4 Å². The van der Waals surface area contributed by atoms with Crippen LogP contribution >= 0.6 is 0 Å². The smallest absolute Gasteiger partial charge is 0.306 e. The molecule has 0 aliphatic heterocycles. The second kappa shape index (κ2) is 41.8. The Morgan fingerprint density at radius 2 is 0.800 bits per heavy atom. The van der Waals surface area contributed by atoms with Gasteiger partial charge in [0.2, 0.25) is 0 Å². The van der Waals surface area contributed by atoms with Gasteiger partial charge in [0.05, 0.1) is 6.61 Å². The highest BCUT2D eigenvalue weighted by atomic mass is 16.6. The van der Waals surface area contributed by atoms with Gasteiger partial charge in [-0.2, -0.15) is 0 Å². The fraction of sp³-hybridized carbons (Fsp3) is 0.867. The van der Waals surface area contributed by atoms with E-state index in [1.54, 1.807) is 0 Å². The summed E-state index contributed by atoms with van der Waals surface area (Å²) in [5, 5.41) is 0. The number of hydrogen-bond acceptors (Lipinski definition) is 5. The minimum atomic E-state index is -0.532. The summed E-state index contributed by atoms with van der Waals surface area (Å²) < 4.78 is 17.2. The van der Waals surface area contributed by atoms with Crippen LogP contribution in [0, 0.1) is 0 Å². The van der Waals surface area contributed by atoms with Gasteiger partial charge in [-0.3, -0.25) is 9.59 Å². The fourth-order valence-electron chi connectivity index (χ4n) is 6.13. The molecule has 5 heteroatoms. The van der Waals surface area contributed by atoms with E-state index < -0.39 is 6.10 Å². The van der Waals surface area contributed by atoms with Crippen LogP contribution in [0.2, 0.25) is 0 Å². The fourth-order valence-corrected chi connectivity index (χ4v) is 6.13. The lowest BCUT2D eigenvalue weighted by atomic mass is 10.1. The first-order chi connectivity index (χ1) is 24.6. The lowest BCUT2D eigenvalue weighted by molar-refractivity contribution is -0.163. The van der Waals surface area contributed by atoms with Crippen molar-refractivity contribution in [2.45, 2.75) is 232 Å². The monoisotopic (exact) mass is 705 g/mol. The zero-order chi connectivity index (χ0) is 36.4. The largest absolute Gasteiger partial charge is 0.462 e. The molecular formula is C45H84O5. The summed E-state index contributed by atoms with van der Waals surface area (Å²) in [6, 6.07) is 0. The minimum Gasteiger partial charge on any atom is -0.462 e. The summed E-state index contributed by atoms with van der Waals surface area (Å²) in [6.45, 7) is 7.75. The number of carbonyl (C=O) groups is 2. The summed E-state index contributed by atoms with van der Waals surface area (Å²) in [5.74, 6) is -0.409. The van der Waals surface area contributed by atoms with Crippen LogP contribution in [0.3, 0.4) is 0 Å². The van der Waals surface area contributed by atoms with Gasteiger partial charge in [-0.25, -0.2) is 0 Å². The van der Waals surface area contributed by atoms with Crippen molar-refractivity contribution >= 4 is 11.9 Å². The molecule has 0 aliphatic carbocycles. The Kier molecular flexibility index (Phi) is 40.4. The van der Waals surface area contributed by atoms with Gasteiger partial charge in [0.1, 0.15) is 6.61 Å². The quantitative estimate of drug-likeness (QED) is 0.0361. The van der Waals surface area contributed by atoms with Gasteiger partial charge in [0.15, 0.2) is 6.10 Å². The molecular weight excluding hydrogens is 620 g/mol. The summed E-state index contributed by atoms with van der Waals surface area (Å²) in [6.07, 6.45) is 46.1. The second-order valence-electron chi connectivity index (χ2n) is 14.6. The second-order valence-corrected chi connectivity index (χ2v) is 14.6. The highest BCUT2D eigenvalue weighted by Gasteiger charge is 2.17. The van der Waals surface area contributed by atoms with Crippen molar-refractivity contribution in [3.05, 3.63) is 24.3 Å². The maximum absolute atomic E-state index is 12.6. The highest BCUT2D eigenvalue weighted by Crippen LogP contribution is 2.13. The molecule has 0 rings (SSSR count). The van der Waals surface area contributed by atoms with Crippen LogP contribution in [0.1, 0.15) is 226 Å². The zero-order valence-electron chi connectivity index (χ0n) is 33.7. The van der Waals surface area contributed by atoms with Crippen molar-refractivity contribution < 1.29 is 23.8 Å². The Hall–Kier alpha value is -1.62. The van der Waals surface area contributed by atoms with Crippen LogP contribution in [0.15, 0.2) is 24.3 Å². The molecule has 0 aromatic rings. The topological polar surface area (TPSA) is 61.8 Å². The molecule has 0 fully saturated rings. The molecule has 0 aliphatic rings. The number of ether oxygens (including phenoxy) is 3. The van der Waals surface area contributed by atoms with Crippen LogP contribution < -0.4 is 0 Å². The van der Waals surface area contributed by atoms with Crippen molar-refractivity contribution in [1.82, 2.24) is 0 Å². The highest BCUT2D eigenvalue weighted by molar-refractivity contribution is 5.70. The van der Waals surface area contributed by atoms with Crippen LogP contribution in [0.4, 0.5) is 0 Å². The predicted molar refractivity (Wildman–Crippen MR) is 215 cm³/mol. The summed E-state index contributed by atoms with van der Waals surface area (Å²) >= 11 is 0. The Bertz CT molecular complexity index is 761. The standard InChI is InChI=1S/C45H84O5/c1-4-7-10-13-16-18-20-22-23-24-25-27-30-32-35-38-44(46)49-42-43(50-45(47)39-36-33-29-15-12-9-6-3)41-48-40-37-34-31-28-26-21-19-17-14-11-8-5-2/h14,17,22-23,43H,4-13,15-16,18-21,24-42H2,1-3H3/b17-14-,23-22-. The van der Waals surface area contributed by atoms with Gasteiger partial charge in [0.25, 0.3) is 0 Å². The molecule has 0 saturated carbocycles. The molecule has 0 bridgehead atoms. The summed E-state index contributed by atoms with van der Waals surface area (Å²) in [7, 11) is 0. The third kappa shape index (κ3) is 39.2. The molecule has 0 aromatic carbocycles. The molecule has 0 heterocycles. The maximum atomic E-state index is 12.6. The van der Waals surface area contributed by atoms with Crippen LogP contribution in [-0.4, -0.2) is 37.9 Å². The molecule has 294 valence electrons. The normalized spacial score (nSPS) is 12.3. The molecule has 5 nitrogen and oxygen atoms in total. The summed E-state index contributed by atoms with van der Waals surface area (Å²) in [4.78, 5) is 25.1. The number of allylic oxidation sites excluding steroid dienone is 4. The molecule has 0 spiro atoms. The summed E-state index contributed by atoms with van der Waals surface area (Å²) in [5.41, 5.74) is 0. The predicted octanol–water partition coefficient (Wildman–Crippen LogP) is 14.1. The maximum Gasteiger partial charge on any atom is 0.306 e. The van der Waals surface area contributed by atoms with Gasteiger partial charge in [-0.15, -0.1) is 0 Å². The van der Waals surface area contributed by atoms with Crippen LogP contribution in [0.25, 0.3) is 0 Å². The average molecular weight is 705 g/mol. The number of rotatable bonds is 40. The number of unbranched alkanes of at least 4 members (excludes halogenated alkanes) is 25. The van der Waals surface area contributed by atoms with Gasteiger partial charge in [-0.05, 0) is 64.2 Å². The Morgan fingerprint density at radius 1 is 0.420 bits per heavy atom. The average Bonchev–Trinajstić information content (AvgIpc) is 3.11. The van der Waals surface area contributed by atoms with E-state index in [4.69, 9.17) is 14.2 Å². The first-order valence-electron chi connectivity index (χ1n) is 21.9. The van der Waals surface area contributed by atoms with Crippen molar-refractivity contribution in [2.24, 2.45) is 0 Å². The van der Waals surface area contributed by atoms with Gasteiger partial charge < -0.3 is 14.2 Å². The number of esters is 2. The third-order valence-corrected chi connectivity index (χ3v) is 9.46. The van der Waals surface area contributed by atoms with Crippen LogP contribution in [-0.2, 0) is 23.8 Å². The zero-order valence-corrected chi connectivity index (χ0v) is 33.7. The van der Waals surface area contributed by atoms with Gasteiger partial charge in [-0.1, -0.05) is 173 Å². The molecule has 50 heavy (non-hydrogen) atoms. The van der Waals surface area contributed by atoms with E-state index in [2.05, 4.69) is 45.1 Å². The SMILES string of the molecule is CCCC/C=C\CCCCCCCCOCC(COC(=O)CCCCCCC/C=C\CCCCCCCC)OC(=O)CCCCCCCCC.